The summed E-state index contributed by atoms with van der Waals surface area (Å²) in [6, 6.07) is 15.8. The molecule has 1 N–H and O–H groups in total. The van der Waals surface area contributed by atoms with Gasteiger partial charge < -0.3 is 24.3 Å². The molecule has 2 aromatic carbocycles. The first kappa shape index (κ1) is 29.9. The molecule has 2 aromatic heterocycles. The highest BCUT2D eigenvalue weighted by Gasteiger charge is 2.34. The number of ketones is 1. The third-order valence-corrected chi connectivity index (χ3v) is 7.91. The van der Waals surface area contributed by atoms with Gasteiger partial charge in [-0.1, -0.05) is 48.5 Å². The summed E-state index contributed by atoms with van der Waals surface area (Å²) in [6.45, 7) is 7.71. The topological polar surface area (TPSA) is 112 Å². The fourth-order valence-corrected chi connectivity index (χ4v) is 5.94. The number of benzene rings is 2. The van der Waals surface area contributed by atoms with Crippen molar-refractivity contribution >= 4 is 39.6 Å². The molecule has 2 unspecified atom stereocenters. The van der Waals surface area contributed by atoms with Crippen molar-refractivity contribution in [1.29, 1.82) is 0 Å². The van der Waals surface area contributed by atoms with Crippen LogP contribution in [0.1, 0.15) is 61.4 Å². The van der Waals surface area contributed by atoms with E-state index in [0.717, 1.165) is 5.39 Å². The van der Waals surface area contributed by atoms with E-state index in [4.69, 9.17) is 9.47 Å². The predicted octanol–water partition coefficient (Wildman–Crippen LogP) is 4.90. The number of para-hydroxylation sites is 1. The molecule has 10 nitrogen and oxygen atoms in total. The highest BCUT2D eigenvalue weighted by molar-refractivity contribution is 6.12. The normalized spacial score (nSPS) is 17.2. The smallest absolute Gasteiger partial charge is 0.410 e. The quantitative estimate of drug-likeness (QED) is 0.322. The Morgan fingerprint density at radius 2 is 1.70 bits per heavy atom. The standard InChI is InChI=1S/C33H38N4O6/c1-20-18-22(16-17-36(20)32(41)43-33(2,3)4)34-30(39)28-29(42-6)26-27(35(28)5)23-14-10-11-15-24(23)37(31(26)40)19-25(38)21-12-8-7-9-13-21/h7-15,20,22H,16-19H2,1-6H3,(H,34,39). The van der Waals surface area contributed by atoms with E-state index < -0.39 is 11.2 Å². The van der Waals surface area contributed by atoms with Gasteiger partial charge in [0, 0.05) is 36.6 Å². The number of methoxy groups -OCH3 is 1. The van der Waals surface area contributed by atoms with Crippen LogP contribution in [0.4, 0.5) is 4.79 Å². The molecule has 0 bridgehead atoms. The van der Waals surface area contributed by atoms with Crippen molar-refractivity contribution in [3.63, 3.8) is 0 Å². The van der Waals surface area contributed by atoms with E-state index in [9.17, 15) is 19.2 Å². The number of aromatic nitrogens is 2. The number of likely N-dealkylation sites (tertiary alicyclic amines) is 1. The summed E-state index contributed by atoms with van der Waals surface area (Å²) in [5.41, 5.74) is 0.857. The summed E-state index contributed by atoms with van der Waals surface area (Å²) in [5, 5.41) is 4.06. The van der Waals surface area contributed by atoms with Crippen LogP contribution in [0.3, 0.4) is 0 Å². The third-order valence-electron chi connectivity index (χ3n) is 7.91. The van der Waals surface area contributed by atoms with E-state index in [1.54, 1.807) is 46.8 Å². The van der Waals surface area contributed by atoms with Gasteiger partial charge in [0.2, 0.25) is 0 Å². The Balaban J connectivity index is 1.49. The second kappa shape index (κ2) is 11.6. The van der Waals surface area contributed by atoms with Crippen LogP contribution in [0.25, 0.3) is 21.8 Å². The molecular formula is C33H38N4O6. The van der Waals surface area contributed by atoms with E-state index in [2.05, 4.69) is 5.32 Å². The molecule has 3 heterocycles. The lowest BCUT2D eigenvalue weighted by Gasteiger charge is -2.38. The number of piperidine rings is 1. The molecule has 1 saturated heterocycles. The Kier molecular flexibility index (Phi) is 8.05. The Morgan fingerprint density at radius 1 is 1.02 bits per heavy atom. The lowest BCUT2D eigenvalue weighted by atomic mass is 9.98. The zero-order valence-corrected chi connectivity index (χ0v) is 25.5. The van der Waals surface area contributed by atoms with Crippen LogP contribution in [-0.2, 0) is 18.3 Å². The molecule has 0 spiro atoms. The van der Waals surface area contributed by atoms with E-state index in [1.807, 2.05) is 52.0 Å². The minimum Gasteiger partial charge on any atom is -0.493 e. The van der Waals surface area contributed by atoms with Gasteiger partial charge in [-0.25, -0.2) is 4.79 Å². The summed E-state index contributed by atoms with van der Waals surface area (Å²) >= 11 is 0. The van der Waals surface area contributed by atoms with E-state index >= 15 is 0 Å². The fourth-order valence-electron chi connectivity index (χ4n) is 5.94. The van der Waals surface area contributed by atoms with Gasteiger partial charge in [-0.05, 0) is 46.6 Å². The molecule has 0 radical (unpaired) electrons. The van der Waals surface area contributed by atoms with Gasteiger partial charge in [0.05, 0.1) is 24.7 Å². The van der Waals surface area contributed by atoms with Crippen LogP contribution < -0.4 is 15.6 Å². The van der Waals surface area contributed by atoms with Crippen LogP contribution in [0.15, 0.2) is 59.4 Å². The van der Waals surface area contributed by atoms with Crippen molar-refractivity contribution in [1.82, 2.24) is 19.4 Å². The van der Waals surface area contributed by atoms with Crippen LogP contribution in [0, 0.1) is 0 Å². The molecule has 2 atom stereocenters. The van der Waals surface area contributed by atoms with Crippen molar-refractivity contribution in [3.05, 3.63) is 76.2 Å². The summed E-state index contributed by atoms with van der Waals surface area (Å²) in [4.78, 5) is 55.4. The number of ether oxygens (including phenoxy) is 2. The molecular weight excluding hydrogens is 548 g/mol. The van der Waals surface area contributed by atoms with E-state index in [0.29, 0.717) is 36.0 Å². The first-order chi connectivity index (χ1) is 20.4. The average molecular weight is 587 g/mol. The summed E-state index contributed by atoms with van der Waals surface area (Å²) in [7, 11) is 3.17. The van der Waals surface area contributed by atoms with Gasteiger partial charge in [0.25, 0.3) is 11.5 Å². The van der Waals surface area contributed by atoms with Crippen molar-refractivity contribution in [2.24, 2.45) is 7.05 Å². The molecule has 1 fully saturated rings. The molecule has 0 saturated carbocycles. The van der Waals surface area contributed by atoms with E-state index in [1.165, 1.54) is 11.7 Å². The van der Waals surface area contributed by atoms with Crippen LogP contribution >= 0.6 is 0 Å². The zero-order chi connectivity index (χ0) is 31.1. The number of amides is 2. The molecule has 43 heavy (non-hydrogen) atoms. The van der Waals surface area contributed by atoms with Gasteiger partial charge in [0.1, 0.15) is 11.0 Å². The maximum absolute atomic E-state index is 14.0. The highest BCUT2D eigenvalue weighted by Crippen LogP contribution is 2.35. The molecule has 4 aromatic rings. The maximum atomic E-state index is 14.0. The van der Waals surface area contributed by atoms with E-state index in [-0.39, 0.29) is 53.2 Å². The Morgan fingerprint density at radius 3 is 2.35 bits per heavy atom. The van der Waals surface area contributed by atoms with Gasteiger partial charge in [-0.3, -0.25) is 19.0 Å². The lowest BCUT2D eigenvalue weighted by Crippen LogP contribution is -2.52. The van der Waals surface area contributed by atoms with Crippen LogP contribution in [-0.4, -0.2) is 63.2 Å². The molecule has 1 aliphatic heterocycles. The highest BCUT2D eigenvalue weighted by atomic mass is 16.6. The second-order valence-corrected chi connectivity index (χ2v) is 12.1. The van der Waals surface area contributed by atoms with Gasteiger partial charge in [0.15, 0.2) is 17.2 Å². The van der Waals surface area contributed by atoms with Crippen molar-refractivity contribution in [2.75, 3.05) is 13.7 Å². The Hall–Kier alpha value is -4.60. The molecule has 0 aliphatic carbocycles. The van der Waals surface area contributed by atoms with Crippen molar-refractivity contribution < 1.29 is 23.9 Å². The Labute approximate surface area is 250 Å². The summed E-state index contributed by atoms with van der Waals surface area (Å²) in [5.74, 6) is -0.424. The lowest BCUT2D eigenvalue weighted by molar-refractivity contribution is 0.00958. The summed E-state index contributed by atoms with van der Waals surface area (Å²) in [6.07, 6.45) is 0.738. The minimum absolute atomic E-state index is 0.137. The Bertz CT molecular complexity index is 1770. The van der Waals surface area contributed by atoms with Gasteiger partial charge >= 0.3 is 6.09 Å². The molecule has 10 heteroatoms. The minimum atomic E-state index is -0.593. The predicted molar refractivity (Wildman–Crippen MR) is 165 cm³/mol. The number of carbonyl (C=O) groups is 3. The second-order valence-electron chi connectivity index (χ2n) is 12.1. The number of rotatable bonds is 6. The number of fused-ring (bicyclic) bond motifs is 3. The number of hydrogen-bond donors (Lipinski definition) is 1. The summed E-state index contributed by atoms with van der Waals surface area (Å²) < 4.78 is 14.4. The zero-order valence-electron chi connectivity index (χ0n) is 25.5. The molecule has 1 aliphatic rings. The van der Waals surface area contributed by atoms with Crippen LogP contribution in [0.2, 0.25) is 0 Å². The first-order valence-electron chi connectivity index (χ1n) is 14.5. The maximum Gasteiger partial charge on any atom is 0.410 e. The number of Topliss-reactive ketones (excluding diaryl/α,β-unsaturated/α-hetero) is 1. The molecule has 5 rings (SSSR count). The van der Waals surface area contributed by atoms with Gasteiger partial charge in [-0.2, -0.15) is 0 Å². The van der Waals surface area contributed by atoms with Crippen LogP contribution in [0.5, 0.6) is 5.75 Å². The molecule has 226 valence electrons. The average Bonchev–Trinajstić information content (AvgIpc) is 3.27. The number of aryl methyl sites for hydroxylation is 1. The number of nitrogens with zero attached hydrogens (tertiary/aromatic N) is 3. The van der Waals surface area contributed by atoms with Crippen molar-refractivity contribution in [3.8, 4) is 5.75 Å². The van der Waals surface area contributed by atoms with Gasteiger partial charge in [-0.15, -0.1) is 0 Å². The number of carbonyl (C=O) groups excluding carboxylic acids is 3. The largest absolute Gasteiger partial charge is 0.493 e. The first-order valence-corrected chi connectivity index (χ1v) is 14.5. The third kappa shape index (κ3) is 5.74. The number of hydrogen-bond acceptors (Lipinski definition) is 6. The number of pyridine rings is 1. The molecule has 2 amide bonds. The fraction of sp³-hybridized carbons (Fsp3) is 0.394. The monoisotopic (exact) mass is 586 g/mol. The SMILES string of the molecule is COc1c(C(=O)NC2CCN(C(=O)OC(C)(C)C)C(C)C2)n(C)c2c1c(=O)n(CC(=O)c1ccccc1)c1ccccc21. The number of nitrogens with one attached hydrogen (secondary N) is 1. The van der Waals surface area contributed by atoms with Crippen molar-refractivity contribution in [2.45, 2.75) is 64.8 Å².